The van der Waals surface area contributed by atoms with Gasteiger partial charge < -0.3 is 10.4 Å². The summed E-state index contributed by atoms with van der Waals surface area (Å²) in [4.78, 5) is 22.1. The number of anilines is 1. The van der Waals surface area contributed by atoms with Gasteiger partial charge in [0.2, 0.25) is 0 Å². The number of aryl methyl sites for hydroxylation is 2. The smallest absolute Gasteiger partial charge is 0.274 e. The van der Waals surface area contributed by atoms with Gasteiger partial charge in [-0.3, -0.25) is 18.9 Å². The van der Waals surface area contributed by atoms with Crippen LogP contribution in [0.5, 0.6) is 0 Å². The summed E-state index contributed by atoms with van der Waals surface area (Å²) < 4.78 is 3.66. The van der Waals surface area contributed by atoms with Crippen LogP contribution in [-0.2, 0) is 13.0 Å². The van der Waals surface area contributed by atoms with Gasteiger partial charge in [-0.25, -0.2) is 4.98 Å². The Morgan fingerprint density at radius 1 is 1.12 bits per heavy atom. The van der Waals surface area contributed by atoms with Crippen LogP contribution < -0.4 is 5.32 Å². The molecule has 0 aliphatic carbocycles. The molecule has 0 aliphatic rings. The van der Waals surface area contributed by atoms with Gasteiger partial charge in [0.1, 0.15) is 11.3 Å². The minimum absolute atomic E-state index is 0.0706. The number of nitrogens with zero attached hydrogens (tertiary/aromatic N) is 5. The van der Waals surface area contributed by atoms with E-state index >= 15 is 0 Å². The molecule has 4 aromatic heterocycles. The highest BCUT2D eigenvalue weighted by molar-refractivity contribution is 6.08. The van der Waals surface area contributed by atoms with Gasteiger partial charge in [-0.1, -0.05) is 12.1 Å². The van der Waals surface area contributed by atoms with E-state index in [1.54, 1.807) is 16.8 Å². The normalized spacial score (nSPS) is 11.4. The van der Waals surface area contributed by atoms with E-state index in [-0.39, 0.29) is 12.5 Å². The fraction of sp³-hybridized carbons (Fsp3) is 0.200. The topological polar surface area (TPSA) is 97.3 Å². The minimum Gasteiger partial charge on any atom is -0.396 e. The van der Waals surface area contributed by atoms with Crippen LogP contribution in [0, 0.1) is 13.8 Å². The Labute approximate surface area is 190 Å². The van der Waals surface area contributed by atoms with E-state index in [1.807, 2.05) is 67.1 Å². The van der Waals surface area contributed by atoms with E-state index < -0.39 is 0 Å². The molecule has 2 N–H and O–H groups in total. The SMILES string of the molecule is Cc1cccc(Cn2nc(C)c3c(NC(=O)c4cnc5cc(CCO)ccn45)cccc32)n1. The number of hydrogen-bond donors (Lipinski definition) is 2. The van der Waals surface area contributed by atoms with Gasteiger partial charge >= 0.3 is 0 Å². The summed E-state index contributed by atoms with van der Waals surface area (Å²) in [5.74, 6) is -0.252. The number of carbonyl (C=O) groups excluding carboxylic acids is 1. The Hall–Kier alpha value is -4.04. The number of amides is 1. The standard InChI is InChI=1S/C25H24N6O2/c1-16-5-3-6-19(27-16)15-31-21-8-4-7-20(24(21)17(2)29-31)28-25(33)22-14-26-23-13-18(10-12-32)9-11-30(22)23/h3-9,11,13-14,32H,10,12,15H2,1-2H3,(H,28,33). The van der Waals surface area contributed by atoms with Crippen LogP contribution in [0.2, 0.25) is 0 Å². The van der Waals surface area contributed by atoms with Gasteiger partial charge in [0.05, 0.1) is 35.3 Å². The van der Waals surface area contributed by atoms with Gasteiger partial charge in [0, 0.05) is 23.9 Å². The van der Waals surface area contributed by atoms with E-state index in [4.69, 9.17) is 10.2 Å². The summed E-state index contributed by atoms with van der Waals surface area (Å²) in [6, 6.07) is 15.5. The van der Waals surface area contributed by atoms with Crippen molar-refractivity contribution in [2.24, 2.45) is 0 Å². The molecule has 0 fully saturated rings. The maximum atomic E-state index is 13.1. The molecule has 0 unspecified atom stereocenters. The molecule has 0 saturated heterocycles. The summed E-state index contributed by atoms with van der Waals surface area (Å²) in [6.45, 7) is 4.53. The number of carbonyl (C=O) groups is 1. The molecular formula is C25H24N6O2. The molecule has 8 nitrogen and oxygen atoms in total. The third kappa shape index (κ3) is 3.96. The van der Waals surface area contributed by atoms with Crippen LogP contribution in [0.15, 0.2) is 60.9 Å². The molecule has 0 atom stereocenters. The van der Waals surface area contributed by atoms with Gasteiger partial charge in [-0.05, 0) is 62.2 Å². The zero-order valence-corrected chi connectivity index (χ0v) is 18.5. The lowest BCUT2D eigenvalue weighted by Gasteiger charge is -2.08. The molecule has 0 radical (unpaired) electrons. The lowest BCUT2D eigenvalue weighted by Crippen LogP contribution is -2.14. The molecular weight excluding hydrogens is 416 g/mol. The zero-order valence-electron chi connectivity index (χ0n) is 18.5. The maximum Gasteiger partial charge on any atom is 0.274 e. The highest BCUT2D eigenvalue weighted by Crippen LogP contribution is 2.28. The molecule has 4 heterocycles. The molecule has 5 aromatic rings. The van der Waals surface area contributed by atoms with Crippen molar-refractivity contribution in [2.75, 3.05) is 11.9 Å². The van der Waals surface area contributed by atoms with Gasteiger partial charge in [-0.2, -0.15) is 5.10 Å². The molecule has 33 heavy (non-hydrogen) atoms. The second kappa shape index (κ2) is 8.48. The molecule has 0 aliphatic heterocycles. The van der Waals surface area contributed by atoms with Crippen molar-refractivity contribution in [1.29, 1.82) is 0 Å². The zero-order chi connectivity index (χ0) is 22.9. The Kier molecular flexibility index (Phi) is 5.35. The molecule has 166 valence electrons. The molecule has 0 bridgehead atoms. The van der Waals surface area contributed by atoms with Crippen molar-refractivity contribution in [3.63, 3.8) is 0 Å². The monoisotopic (exact) mass is 440 g/mol. The second-order valence-corrected chi connectivity index (χ2v) is 8.05. The predicted octanol–water partition coefficient (Wildman–Crippen LogP) is 3.53. The number of fused-ring (bicyclic) bond motifs is 2. The van der Waals surface area contributed by atoms with Crippen LogP contribution in [-0.4, -0.2) is 41.8 Å². The summed E-state index contributed by atoms with van der Waals surface area (Å²) in [5.41, 5.74) is 6.43. The minimum atomic E-state index is -0.252. The largest absolute Gasteiger partial charge is 0.396 e. The molecule has 0 saturated carbocycles. The highest BCUT2D eigenvalue weighted by Gasteiger charge is 2.17. The molecule has 1 amide bonds. The third-order valence-corrected chi connectivity index (χ3v) is 5.67. The number of aliphatic hydroxyl groups excluding tert-OH is 1. The Morgan fingerprint density at radius 2 is 1.97 bits per heavy atom. The Bertz CT molecular complexity index is 1480. The first-order valence-corrected chi connectivity index (χ1v) is 10.8. The average molecular weight is 441 g/mol. The number of hydrogen-bond acceptors (Lipinski definition) is 5. The maximum absolute atomic E-state index is 13.1. The van der Waals surface area contributed by atoms with Gasteiger partial charge in [-0.15, -0.1) is 0 Å². The van der Waals surface area contributed by atoms with Crippen molar-refractivity contribution in [1.82, 2.24) is 24.1 Å². The number of rotatable bonds is 6. The summed E-state index contributed by atoms with van der Waals surface area (Å²) in [6.07, 6.45) is 3.92. The van der Waals surface area contributed by atoms with E-state index in [9.17, 15) is 4.79 Å². The number of imidazole rings is 1. The van der Waals surface area contributed by atoms with E-state index in [0.29, 0.717) is 30.0 Å². The number of benzene rings is 1. The Balaban J connectivity index is 1.46. The number of pyridine rings is 2. The average Bonchev–Trinajstić information content (AvgIpc) is 3.35. The van der Waals surface area contributed by atoms with E-state index in [2.05, 4.69) is 15.3 Å². The van der Waals surface area contributed by atoms with Crippen molar-refractivity contribution >= 4 is 28.1 Å². The van der Waals surface area contributed by atoms with E-state index in [1.165, 1.54) is 0 Å². The first-order chi connectivity index (χ1) is 16.0. The first kappa shape index (κ1) is 20.8. The lowest BCUT2D eigenvalue weighted by molar-refractivity contribution is 0.102. The van der Waals surface area contributed by atoms with Gasteiger partial charge in [0.25, 0.3) is 5.91 Å². The van der Waals surface area contributed by atoms with Gasteiger partial charge in [0.15, 0.2) is 0 Å². The van der Waals surface area contributed by atoms with Crippen LogP contribution in [0.4, 0.5) is 5.69 Å². The van der Waals surface area contributed by atoms with Crippen LogP contribution in [0.25, 0.3) is 16.6 Å². The number of nitrogens with one attached hydrogen (secondary N) is 1. The number of aliphatic hydroxyl groups is 1. The van der Waals surface area contributed by atoms with Crippen molar-refractivity contribution in [2.45, 2.75) is 26.8 Å². The van der Waals surface area contributed by atoms with Crippen molar-refractivity contribution < 1.29 is 9.90 Å². The Morgan fingerprint density at radius 3 is 2.79 bits per heavy atom. The lowest BCUT2D eigenvalue weighted by atomic mass is 10.1. The predicted molar refractivity (Wildman–Crippen MR) is 126 cm³/mol. The van der Waals surface area contributed by atoms with Crippen molar-refractivity contribution in [3.8, 4) is 0 Å². The highest BCUT2D eigenvalue weighted by atomic mass is 16.3. The molecule has 0 spiro atoms. The van der Waals surface area contributed by atoms with Crippen LogP contribution >= 0.6 is 0 Å². The third-order valence-electron chi connectivity index (χ3n) is 5.67. The molecule has 1 aromatic carbocycles. The fourth-order valence-corrected chi connectivity index (χ4v) is 4.15. The van der Waals surface area contributed by atoms with E-state index in [0.717, 1.165) is 33.5 Å². The first-order valence-electron chi connectivity index (χ1n) is 10.8. The van der Waals surface area contributed by atoms with Crippen LogP contribution in [0.3, 0.4) is 0 Å². The number of aromatic nitrogens is 5. The van der Waals surface area contributed by atoms with Crippen LogP contribution in [0.1, 0.15) is 33.1 Å². The summed E-state index contributed by atoms with van der Waals surface area (Å²) >= 11 is 0. The quantitative estimate of drug-likeness (QED) is 0.421. The molecule has 5 rings (SSSR count). The fourth-order valence-electron chi connectivity index (χ4n) is 4.15. The summed E-state index contributed by atoms with van der Waals surface area (Å²) in [7, 11) is 0. The summed E-state index contributed by atoms with van der Waals surface area (Å²) in [5, 5.41) is 17.8. The second-order valence-electron chi connectivity index (χ2n) is 8.05. The molecule has 8 heteroatoms. The van der Waals surface area contributed by atoms with Crippen molar-refractivity contribution in [3.05, 3.63) is 89.3 Å².